The third kappa shape index (κ3) is 9.12. The molecule has 0 saturated heterocycles. The Balaban J connectivity index is 1.63. The second kappa shape index (κ2) is 16.2. The number of hydrogen-bond acceptors (Lipinski definition) is 7. The van der Waals surface area contributed by atoms with Gasteiger partial charge >= 0.3 is 0 Å². The molecule has 1 aromatic heterocycles. The van der Waals surface area contributed by atoms with Crippen molar-refractivity contribution in [1.29, 1.82) is 0 Å². The lowest BCUT2D eigenvalue weighted by Crippen LogP contribution is -2.48. The van der Waals surface area contributed by atoms with E-state index in [-0.39, 0.29) is 54.6 Å². The van der Waals surface area contributed by atoms with E-state index < -0.39 is 6.04 Å². The Bertz CT molecular complexity index is 1420. The molecule has 10 nitrogen and oxygen atoms in total. The number of pyridine rings is 1. The monoisotopic (exact) mass is 616 g/mol. The number of carbonyl (C=O) groups is 3. The van der Waals surface area contributed by atoms with Gasteiger partial charge in [0.1, 0.15) is 5.75 Å². The summed E-state index contributed by atoms with van der Waals surface area (Å²) in [6, 6.07) is 16.9. The Labute approximate surface area is 265 Å². The van der Waals surface area contributed by atoms with Crippen molar-refractivity contribution in [3.05, 3.63) is 89.7 Å². The first-order valence-electron chi connectivity index (χ1n) is 15.5. The summed E-state index contributed by atoms with van der Waals surface area (Å²) < 4.78 is 12.6. The molecule has 0 unspecified atom stereocenters. The molecule has 4 atom stereocenters. The second-order valence-electron chi connectivity index (χ2n) is 11.8. The molecule has 2 heterocycles. The first-order valence-corrected chi connectivity index (χ1v) is 15.5. The van der Waals surface area contributed by atoms with Crippen LogP contribution in [0.25, 0.3) is 0 Å². The fraction of sp³-hybridized carbons (Fsp3) is 0.429. The van der Waals surface area contributed by atoms with Crippen LogP contribution in [0.4, 0.5) is 5.69 Å². The number of nitrogens with zero attached hydrogens (tertiary/aromatic N) is 3. The zero-order chi connectivity index (χ0) is 32.3. The maximum Gasteiger partial charge on any atom is 0.258 e. The molecule has 2 aromatic carbocycles. The zero-order valence-corrected chi connectivity index (χ0v) is 26.5. The highest BCUT2D eigenvalue weighted by molar-refractivity contribution is 6.05. The van der Waals surface area contributed by atoms with Gasteiger partial charge in [-0.25, -0.2) is 0 Å². The van der Waals surface area contributed by atoms with Crippen molar-refractivity contribution in [1.82, 2.24) is 14.8 Å². The van der Waals surface area contributed by atoms with Gasteiger partial charge in [-0.05, 0) is 75.6 Å². The molecule has 45 heavy (non-hydrogen) atoms. The molecular formula is C35H44N4O6. The van der Waals surface area contributed by atoms with Gasteiger partial charge in [-0.2, -0.15) is 0 Å². The van der Waals surface area contributed by atoms with Gasteiger partial charge in [0.25, 0.3) is 17.7 Å². The molecule has 3 aromatic rings. The molecule has 3 amide bonds. The summed E-state index contributed by atoms with van der Waals surface area (Å²) in [7, 11) is 1.76. The van der Waals surface area contributed by atoms with Crippen LogP contribution in [0.5, 0.6) is 5.75 Å². The van der Waals surface area contributed by atoms with Crippen LogP contribution in [-0.2, 0) is 4.74 Å². The number of aliphatic hydroxyl groups is 1. The van der Waals surface area contributed by atoms with Crippen LogP contribution in [0.1, 0.15) is 71.1 Å². The third-order valence-electron chi connectivity index (χ3n) is 8.07. The minimum absolute atomic E-state index is 0.108. The molecular weight excluding hydrogens is 572 g/mol. The quantitative estimate of drug-likeness (QED) is 0.387. The molecule has 10 heteroatoms. The van der Waals surface area contributed by atoms with E-state index >= 15 is 0 Å². The molecule has 4 rings (SSSR count). The fourth-order valence-electron chi connectivity index (χ4n) is 5.32. The van der Waals surface area contributed by atoms with Crippen molar-refractivity contribution in [2.75, 3.05) is 38.7 Å². The number of likely N-dealkylation sites (N-methyl/N-ethyl adjacent to an activating group) is 1. The second-order valence-corrected chi connectivity index (χ2v) is 11.8. The average molecular weight is 617 g/mol. The fourth-order valence-corrected chi connectivity index (χ4v) is 5.32. The van der Waals surface area contributed by atoms with E-state index in [9.17, 15) is 19.5 Å². The molecule has 0 fully saturated rings. The number of amides is 3. The van der Waals surface area contributed by atoms with Crippen molar-refractivity contribution in [2.45, 2.75) is 58.3 Å². The maximum absolute atomic E-state index is 14.3. The van der Waals surface area contributed by atoms with Gasteiger partial charge < -0.3 is 29.7 Å². The largest absolute Gasteiger partial charge is 0.490 e. The number of fused-ring (bicyclic) bond motifs is 1. The van der Waals surface area contributed by atoms with E-state index in [0.717, 1.165) is 19.3 Å². The SMILES string of the molecule is C[C@@H]1CCCCO[C@H](CN(C)C(=O)c2ccccc2)[C@@H](C)CN([C@H](C)CO)C(=O)c2cc(NC(=O)c3ccncc3)ccc2O1. The number of aliphatic hydroxyl groups excluding tert-OH is 1. The Hall–Kier alpha value is -4.28. The lowest BCUT2D eigenvalue weighted by Gasteiger charge is -2.36. The summed E-state index contributed by atoms with van der Waals surface area (Å²) in [5, 5.41) is 13.1. The number of rotatable bonds is 7. The predicted octanol–water partition coefficient (Wildman–Crippen LogP) is 4.90. The van der Waals surface area contributed by atoms with E-state index in [1.807, 2.05) is 32.0 Å². The van der Waals surface area contributed by atoms with Gasteiger partial charge in [-0.1, -0.05) is 25.1 Å². The molecule has 240 valence electrons. The standard InChI is InChI=1S/C35H44N4O6/c1-24-21-39(25(2)23-40)35(43)30-20-29(37-33(41)27-15-17-36-18-16-27)13-14-31(30)45-26(3)10-8-9-19-44-32(24)22-38(4)34(42)28-11-6-5-7-12-28/h5-7,11-18,20,24-26,32,40H,8-10,19,21-23H2,1-4H3,(H,37,41)/t24-,25+,26+,32+/m0/s1. The van der Waals surface area contributed by atoms with Gasteiger partial charge in [-0.3, -0.25) is 19.4 Å². The van der Waals surface area contributed by atoms with Gasteiger partial charge in [0.15, 0.2) is 0 Å². The van der Waals surface area contributed by atoms with Crippen molar-refractivity contribution < 1.29 is 29.0 Å². The van der Waals surface area contributed by atoms with E-state index in [1.165, 1.54) is 0 Å². The summed E-state index contributed by atoms with van der Waals surface area (Å²) in [6.45, 7) is 6.60. The number of carbonyl (C=O) groups excluding carboxylic acids is 3. The number of benzene rings is 2. The maximum atomic E-state index is 14.3. The number of aromatic nitrogens is 1. The molecule has 0 radical (unpaired) electrons. The Morgan fingerprint density at radius 3 is 2.51 bits per heavy atom. The summed E-state index contributed by atoms with van der Waals surface area (Å²) in [4.78, 5) is 47.6. The Kier molecular flexibility index (Phi) is 12.1. The van der Waals surface area contributed by atoms with Gasteiger partial charge in [0, 0.05) is 61.9 Å². The van der Waals surface area contributed by atoms with Gasteiger partial charge in [0.05, 0.1) is 30.4 Å². The van der Waals surface area contributed by atoms with Crippen LogP contribution in [-0.4, -0.2) is 89.2 Å². The smallest absolute Gasteiger partial charge is 0.258 e. The minimum atomic E-state index is -0.516. The van der Waals surface area contributed by atoms with E-state index in [1.54, 1.807) is 78.6 Å². The third-order valence-corrected chi connectivity index (χ3v) is 8.07. The lowest BCUT2D eigenvalue weighted by atomic mass is 10.0. The number of nitrogens with one attached hydrogen (secondary N) is 1. The predicted molar refractivity (Wildman–Crippen MR) is 172 cm³/mol. The summed E-state index contributed by atoms with van der Waals surface area (Å²) in [5.41, 5.74) is 1.75. The van der Waals surface area contributed by atoms with Crippen LogP contribution in [0.2, 0.25) is 0 Å². The highest BCUT2D eigenvalue weighted by Gasteiger charge is 2.31. The van der Waals surface area contributed by atoms with Crippen LogP contribution >= 0.6 is 0 Å². The zero-order valence-electron chi connectivity index (χ0n) is 26.5. The summed E-state index contributed by atoms with van der Waals surface area (Å²) in [6.07, 6.45) is 4.97. The first kappa shape index (κ1) is 33.6. The van der Waals surface area contributed by atoms with E-state index in [4.69, 9.17) is 9.47 Å². The molecule has 0 bridgehead atoms. The van der Waals surface area contributed by atoms with Crippen molar-refractivity contribution in [2.24, 2.45) is 5.92 Å². The van der Waals surface area contributed by atoms with Crippen LogP contribution in [0.15, 0.2) is 73.1 Å². The first-order chi connectivity index (χ1) is 21.7. The van der Waals surface area contributed by atoms with Gasteiger partial charge in [0.2, 0.25) is 0 Å². The van der Waals surface area contributed by atoms with Crippen LogP contribution in [0, 0.1) is 5.92 Å². The molecule has 0 saturated carbocycles. The van der Waals surface area contributed by atoms with E-state index in [2.05, 4.69) is 10.3 Å². The summed E-state index contributed by atoms with van der Waals surface area (Å²) in [5.74, 6) is -0.549. The van der Waals surface area contributed by atoms with Crippen molar-refractivity contribution in [3.8, 4) is 5.75 Å². The topological polar surface area (TPSA) is 121 Å². The average Bonchev–Trinajstić information content (AvgIpc) is 3.06. The highest BCUT2D eigenvalue weighted by Crippen LogP contribution is 2.29. The number of ether oxygens (including phenoxy) is 2. The Morgan fingerprint density at radius 2 is 1.80 bits per heavy atom. The lowest BCUT2D eigenvalue weighted by molar-refractivity contribution is -0.0149. The van der Waals surface area contributed by atoms with Crippen molar-refractivity contribution in [3.63, 3.8) is 0 Å². The minimum Gasteiger partial charge on any atom is -0.490 e. The number of hydrogen-bond donors (Lipinski definition) is 2. The normalized spacial score (nSPS) is 20.2. The molecule has 0 spiro atoms. The molecule has 1 aliphatic rings. The van der Waals surface area contributed by atoms with Crippen LogP contribution in [0.3, 0.4) is 0 Å². The Morgan fingerprint density at radius 1 is 1.07 bits per heavy atom. The van der Waals surface area contributed by atoms with Crippen LogP contribution < -0.4 is 10.1 Å². The molecule has 0 aliphatic carbocycles. The highest BCUT2D eigenvalue weighted by atomic mass is 16.5. The van der Waals surface area contributed by atoms with E-state index in [0.29, 0.717) is 35.7 Å². The van der Waals surface area contributed by atoms with Gasteiger partial charge in [-0.15, -0.1) is 0 Å². The van der Waals surface area contributed by atoms with Crippen molar-refractivity contribution >= 4 is 23.4 Å². The number of anilines is 1. The summed E-state index contributed by atoms with van der Waals surface area (Å²) >= 11 is 0. The molecule has 1 aliphatic heterocycles. The molecule has 2 N–H and O–H groups in total.